The summed E-state index contributed by atoms with van der Waals surface area (Å²) in [4.78, 5) is 11.2. The molecule has 0 aliphatic carbocycles. The lowest BCUT2D eigenvalue weighted by Gasteiger charge is -2.18. The smallest absolute Gasteiger partial charge is 0.243 e. The summed E-state index contributed by atoms with van der Waals surface area (Å²) in [5.41, 5.74) is 0. The molecule has 2 aliphatic rings. The molecule has 2 saturated heterocycles. The summed E-state index contributed by atoms with van der Waals surface area (Å²) in [5, 5.41) is 2.96. The van der Waals surface area contributed by atoms with Crippen molar-refractivity contribution in [2.45, 2.75) is 44.4 Å². The minimum atomic E-state index is 0.00338. The topological polar surface area (TPSA) is 38.3 Å². The summed E-state index contributed by atoms with van der Waals surface area (Å²) in [5.74, 6) is 0.00338. The fourth-order valence-electron chi connectivity index (χ4n) is 2.17. The van der Waals surface area contributed by atoms with E-state index >= 15 is 0 Å². The van der Waals surface area contributed by atoms with Gasteiger partial charge in [0.05, 0.1) is 18.2 Å². The number of hydrogen-bond donors (Lipinski definition) is 1. The van der Waals surface area contributed by atoms with Crippen LogP contribution in [0.25, 0.3) is 0 Å². The van der Waals surface area contributed by atoms with Gasteiger partial charge in [0.1, 0.15) is 0 Å². The molecule has 0 aromatic rings. The number of fused-ring (bicyclic) bond motifs is 2. The molecule has 3 unspecified atom stereocenters. The standard InChI is InChI=1S/C10H15NO2/c1-2-3-10(12)11-8-6-7-4-5-9(8)13-7/h2-3,7-9H,4-6H2,1H3,(H,11,12)/b3-2+. The predicted octanol–water partition coefficient (Wildman–Crippen LogP) is 0.999. The SMILES string of the molecule is C/C=C/C(=O)NC1CC2CCC1O2. The lowest BCUT2D eigenvalue weighted by atomic mass is 9.95. The molecule has 3 heteroatoms. The first-order valence-corrected chi connectivity index (χ1v) is 4.88. The fourth-order valence-corrected chi connectivity index (χ4v) is 2.17. The van der Waals surface area contributed by atoms with Crippen LogP contribution in [-0.2, 0) is 9.53 Å². The zero-order valence-corrected chi connectivity index (χ0v) is 7.82. The number of allylic oxidation sites excluding steroid dienone is 1. The van der Waals surface area contributed by atoms with E-state index in [0.29, 0.717) is 6.10 Å². The second-order valence-corrected chi connectivity index (χ2v) is 3.72. The third kappa shape index (κ3) is 1.75. The van der Waals surface area contributed by atoms with Crippen molar-refractivity contribution in [1.29, 1.82) is 0 Å². The monoisotopic (exact) mass is 181 g/mol. The van der Waals surface area contributed by atoms with Gasteiger partial charge in [-0.2, -0.15) is 0 Å². The highest BCUT2D eigenvalue weighted by atomic mass is 16.5. The Kier molecular flexibility index (Phi) is 2.36. The molecule has 13 heavy (non-hydrogen) atoms. The number of carbonyl (C=O) groups excluding carboxylic acids is 1. The minimum absolute atomic E-state index is 0.00338. The van der Waals surface area contributed by atoms with Crippen LogP contribution < -0.4 is 5.32 Å². The van der Waals surface area contributed by atoms with Crippen LogP contribution in [0.2, 0.25) is 0 Å². The molecule has 0 spiro atoms. The highest BCUT2D eigenvalue weighted by Crippen LogP contribution is 2.34. The molecule has 2 heterocycles. The number of amides is 1. The van der Waals surface area contributed by atoms with Crippen molar-refractivity contribution in [2.75, 3.05) is 0 Å². The van der Waals surface area contributed by atoms with Crippen LogP contribution in [0.15, 0.2) is 12.2 Å². The van der Waals surface area contributed by atoms with Gasteiger partial charge in [0.25, 0.3) is 0 Å². The van der Waals surface area contributed by atoms with Gasteiger partial charge in [0.2, 0.25) is 5.91 Å². The van der Waals surface area contributed by atoms with Crippen LogP contribution in [0, 0.1) is 0 Å². The zero-order chi connectivity index (χ0) is 9.26. The normalized spacial score (nSPS) is 37.2. The molecule has 2 bridgehead atoms. The molecular weight excluding hydrogens is 166 g/mol. The van der Waals surface area contributed by atoms with Gasteiger partial charge >= 0.3 is 0 Å². The zero-order valence-electron chi connectivity index (χ0n) is 7.82. The maximum absolute atomic E-state index is 11.2. The summed E-state index contributed by atoms with van der Waals surface area (Å²) in [6, 6.07) is 0.252. The summed E-state index contributed by atoms with van der Waals surface area (Å²) in [7, 11) is 0. The third-order valence-corrected chi connectivity index (χ3v) is 2.75. The first-order valence-electron chi connectivity index (χ1n) is 4.88. The average molecular weight is 181 g/mol. The maximum atomic E-state index is 11.2. The van der Waals surface area contributed by atoms with Crippen LogP contribution in [0.3, 0.4) is 0 Å². The van der Waals surface area contributed by atoms with E-state index in [2.05, 4.69) is 5.32 Å². The van der Waals surface area contributed by atoms with Gasteiger partial charge in [-0.25, -0.2) is 0 Å². The van der Waals surface area contributed by atoms with Crippen LogP contribution >= 0.6 is 0 Å². The highest BCUT2D eigenvalue weighted by Gasteiger charge is 2.41. The van der Waals surface area contributed by atoms with E-state index in [4.69, 9.17) is 4.74 Å². The van der Waals surface area contributed by atoms with E-state index in [9.17, 15) is 4.79 Å². The van der Waals surface area contributed by atoms with Crippen molar-refractivity contribution in [3.63, 3.8) is 0 Å². The summed E-state index contributed by atoms with van der Waals surface area (Å²) < 4.78 is 5.63. The van der Waals surface area contributed by atoms with Crippen molar-refractivity contribution in [1.82, 2.24) is 5.32 Å². The van der Waals surface area contributed by atoms with Crippen LogP contribution in [0.5, 0.6) is 0 Å². The van der Waals surface area contributed by atoms with Crippen molar-refractivity contribution >= 4 is 5.91 Å². The second-order valence-electron chi connectivity index (χ2n) is 3.72. The Labute approximate surface area is 78.1 Å². The minimum Gasteiger partial charge on any atom is -0.373 e. The van der Waals surface area contributed by atoms with Crippen LogP contribution in [0.4, 0.5) is 0 Å². The first kappa shape index (κ1) is 8.75. The number of ether oxygens (including phenoxy) is 1. The van der Waals surface area contributed by atoms with Crippen LogP contribution in [0.1, 0.15) is 26.2 Å². The van der Waals surface area contributed by atoms with E-state index in [0.717, 1.165) is 12.8 Å². The second kappa shape index (κ2) is 3.50. The van der Waals surface area contributed by atoms with Crippen molar-refractivity contribution < 1.29 is 9.53 Å². The Hall–Kier alpha value is -0.830. The van der Waals surface area contributed by atoms with Crippen molar-refractivity contribution in [3.8, 4) is 0 Å². The van der Waals surface area contributed by atoms with E-state index in [1.165, 1.54) is 6.42 Å². The number of hydrogen-bond acceptors (Lipinski definition) is 2. The van der Waals surface area contributed by atoms with Gasteiger partial charge in [-0.15, -0.1) is 0 Å². The molecule has 1 amide bonds. The molecule has 1 N–H and O–H groups in total. The van der Waals surface area contributed by atoms with E-state index < -0.39 is 0 Å². The van der Waals surface area contributed by atoms with Gasteiger partial charge in [0, 0.05) is 0 Å². The van der Waals surface area contributed by atoms with E-state index in [1.807, 2.05) is 6.92 Å². The molecule has 2 aliphatic heterocycles. The highest BCUT2D eigenvalue weighted by molar-refractivity contribution is 5.87. The molecule has 0 saturated carbocycles. The molecule has 0 aromatic heterocycles. The van der Waals surface area contributed by atoms with Gasteiger partial charge in [-0.05, 0) is 32.3 Å². The quantitative estimate of drug-likeness (QED) is 0.645. The Morgan fingerprint density at radius 3 is 2.92 bits per heavy atom. The fraction of sp³-hybridized carbons (Fsp3) is 0.700. The average Bonchev–Trinajstić information content (AvgIpc) is 2.65. The molecule has 0 aromatic carbocycles. The van der Waals surface area contributed by atoms with E-state index in [1.54, 1.807) is 12.2 Å². The Bertz CT molecular complexity index is 237. The Balaban J connectivity index is 1.86. The van der Waals surface area contributed by atoms with Gasteiger partial charge in [-0.1, -0.05) is 6.08 Å². The maximum Gasteiger partial charge on any atom is 0.243 e. The number of carbonyl (C=O) groups is 1. The van der Waals surface area contributed by atoms with Crippen molar-refractivity contribution in [2.24, 2.45) is 0 Å². The molecule has 2 rings (SSSR count). The molecule has 0 radical (unpaired) electrons. The predicted molar refractivity (Wildman–Crippen MR) is 49.3 cm³/mol. The molecule has 72 valence electrons. The van der Waals surface area contributed by atoms with E-state index in [-0.39, 0.29) is 18.1 Å². The third-order valence-electron chi connectivity index (χ3n) is 2.75. The van der Waals surface area contributed by atoms with Gasteiger partial charge < -0.3 is 10.1 Å². The lowest BCUT2D eigenvalue weighted by molar-refractivity contribution is -0.117. The number of rotatable bonds is 2. The molecule has 2 fully saturated rings. The largest absolute Gasteiger partial charge is 0.373 e. The Morgan fingerprint density at radius 2 is 2.38 bits per heavy atom. The van der Waals surface area contributed by atoms with Gasteiger partial charge in [0.15, 0.2) is 0 Å². The molecular formula is C10H15NO2. The number of nitrogens with one attached hydrogen (secondary N) is 1. The van der Waals surface area contributed by atoms with Crippen molar-refractivity contribution in [3.05, 3.63) is 12.2 Å². The van der Waals surface area contributed by atoms with Crippen LogP contribution in [-0.4, -0.2) is 24.2 Å². The lowest BCUT2D eigenvalue weighted by Crippen LogP contribution is -2.40. The summed E-state index contributed by atoms with van der Waals surface area (Å²) >= 11 is 0. The molecule has 3 nitrogen and oxygen atoms in total. The molecule has 3 atom stereocenters. The summed E-state index contributed by atoms with van der Waals surface area (Å²) in [6.07, 6.45) is 7.26. The summed E-state index contributed by atoms with van der Waals surface area (Å²) in [6.45, 7) is 1.84. The van der Waals surface area contributed by atoms with Gasteiger partial charge in [-0.3, -0.25) is 4.79 Å². The first-order chi connectivity index (χ1) is 6.29. The Morgan fingerprint density at radius 1 is 1.54 bits per heavy atom.